The van der Waals surface area contributed by atoms with Gasteiger partial charge in [0.2, 0.25) is 0 Å². The lowest BCUT2D eigenvalue weighted by molar-refractivity contribution is 0.191. The average molecular weight is 288 g/mol. The van der Waals surface area contributed by atoms with Crippen molar-refractivity contribution in [1.82, 2.24) is 10.2 Å². The molecule has 2 N–H and O–H groups in total. The lowest BCUT2D eigenvalue weighted by atomic mass is 10.2. The van der Waals surface area contributed by atoms with E-state index in [-0.39, 0.29) is 0 Å². The molecule has 1 amide bonds. The molecule has 0 unspecified atom stereocenters. The highest BCUT2D eigenvalue weighted by Crippen LogP contribution is 2.10. The van der Waals surface area contributed by atoms with Gasteiger partial charge < -0.3 is 14.8 Å². The molecule has 1 aromatic carbocycles. The molecule has 1 heterocycles. The maximum atomic E-state index is 10.5. The van der Waals surface area contributed by atoms with Crippen LogP contribution in [-0.4, -0.2) is 29.2 Å². The number of amides is 1. The number of rotatable bonds is 8. The fraction of sp³-hybridized carbons (Fsp3) is 0.312. The molecule has 2 rings (SSSR count). The number of hydrogen-bond acceptors (Lipinski definition) is 3. The molecule has 0 radical (unpaired) electrons. The van der Waals surface area contributed by atoms with Crippen molar-refractivity contribution in [3.63, 3.8) is 0 Å². The zero-order valence-corrected chi connectivity index (χ0v) is 11.9. The van der Waals surface area contributed by atoms with Crippen molar-refractivity contribution in [2.45, 2.75) is 19.5 Å². The van der Waals surface area contributed by atoms with Crippen LogP contribution in [0.25, 0.3) is 0 Å². The van der Waals surface area contributed by atoms with Crippen molar-refractivity contribution in [2.24, 2.45) is 0 Å². The normalized spacial score (nSPS) is 10.7. The summed E-state index contributed by atoms with van der Waals surface area (Å²) >= 11 is 0. The molecule has 21 heavy (non-hydrogen) atoms. The van der Waals surface area contributed by atoms with E-state index < -0.39 is 6.09 Å². The molecule has 112 valence electrons. The maximum absolute atomic E-state index is 10.5. The van der Waals surface area contributed by atoms with E-state index in [4.69, 9.17) is 9.52 Å². The third kappa shape index (κ3) is 5.71. The highest BCUT2D eigenvalue weighted by atomic mass is 16.4. The van der Waals surface area contributed by atoms with Crippen molar-refractivity contribution in [1.29, 1.82) is 0 Å². The van der Waals surface area contributed by atoms with Gasteiger partial charge in [-0.25, -0.2) is 4.79 Å². The second-order valence-corrected chi connectivity index (χ2v) is 4.86. The third-order valence-electron chi connectivity index (χ3n) is 3.14. The van der Waals surface area contributed by atoms with Crippen LogP contribution in [0.15, 0.2) is 53.1 Å². The summed E-state index contributed by atoms with van der Waals surface area (Å²) in [6, 6.07) is 14.0. The van der Waals surface area contributed by atoms with E-state index in [1.165, 1.54) is 5.56 Å². The van der Waals surface area contributed by atoms with Crippen LogP contribution in [0, 0.1) is 0 Å². The summed E-state index contributed by atoms with van der Waals surface area (Å²) in [6.07, 6.45) is 1.46. The zero-order chi connectivity index (χ0) is 14.9. The van der Waals surface area contributed by atoms with Gasteiger partial charge in [0.05, 0.1) is 12.8 Å². The number of nitrogens with one attached hydrogen (secondary N) is 1. The van der Waals surface area contributed by atoms with Crippen LogP contribution < -0.4 is 5.32 Å². The molecule has 0 fully saturated rings. The summed E-state index contributed by atoms with van der Waals surface area (Å²) < 4.78 is 5.39. The van der Waals surface area contributed by atoms with Gasteiger partial charge in [0.1, 0.15) is 5.76 Å². The number of benzene rings is 1. The monoisotopic (exact) mass is 288 g/mol. The highest BCUT2D eigenvalue weighted by molar-refractivity contribution is 5.64. The summed E-state index contributed by atoms with van der Waals surface area (Å²) in [5.41, 5.74) is 1.23. The molecule has 5 nitrogen and oxygen atoms in total. The molecule has 0 saturated heterocycles. The fourth-order valence-electron chi connectivity index (χ4n) is 2.18. The van der Waals surface area contributed by atoms with Crippen molar-refractivity contribution in [3.05, 3.63) is 60.1 Å². The Hall–Kier alpha value is -2.27. The molecule has 0 aliphatic carbocycles. The Morgan fingerprint density at radius 3 is 2.62 bits per heavy atom. The molecule has 1 aromatic heterocycles. The van der Waals surface area contributed by atoms with Gasteiger partial charge >= 0.3 is 6.09 Å². The van der Waals surface area contributed by atoms with Gasteiger partial charge in [-0.3, -0.25) is 4.90 Å². The maximum Gasteiger partial charge on any atom is 0.404 e. The van der Waals surface area contributed by atoms with Crippen LogP contribution in [0.5, 0.6) is 0 Å². The van der Waals surface area contributed by atoms with Crippen molar-refractivity contribution in [3.8, 4) is 0 Å². The molecule has 0 aliphatic rings. The first kappa shape index (κ1) is 15.1. The van der Waals surface area contributed by atoms with Crippen LogP contribution in [0.4, 0.5) is 4.79 Å². The van der Waals surface area contributed by atoms with Gasteiger partial charge in [-0.1, -0.05) is 30.3 Å². The number of furan rings is 1. The van der Waals surface area contributed by atoms with Crippen LogP contribution in [0.2, 0.25) is 0 Å². The Balaban J connectivity index is 1.88. The van der Waals surface area contributed by atoms with E-state index in [1.54, 1.807) is 6.26 Å². The second-order valence-electron chi connectivity index (χ2n) is 4.86. The van der Waals surface area contributed by atoms with Crippen molar-refractivity contribution < 1.29 is 14.3 Å². The average Bonchev–Trinajstić information content (AvgIpc) is 2.97. The summed E-state index contributed by atoms with van der Waals surface area (Å²) in [6.45, 7) is 2.79. The Labute approximate surface area is 124 Å². The van der Waals surface area contributed by atoms with Gasteiger partial charge in [0, 0.05) is 19.6 Å². The van der Waals surface area contributed by atoms with Crippen LogP contribution in [-0.2, 0) is 13.1 Å². The molecule has 0 bridgehead atoms. The third-order valence-corrected chi connectivity index (χ3v) is 3.14. The summed E-state index contributed by atoms with van der Waals surface area (Å²) in [4.78, 5) is 12.7. The summed E-state index contributed by atoms with van der Waals surface area (Å²) in [7, 11) is 0. The number of hydrogen-bond donors (Lipinski definition) is 2. The van der Waals surface area contributed by atoms with Crippen molar-refractivity contribution >= 4 is 6.09 Å². The standard InChI is InChI=1S/C16H20N2O3/c19-16(20)17-9-5-10-18(13-15-8-4-11-21-15)12-14-6-2-1-3-7-14/h1-4,6-8,11,17H,5,9-10,12-13H2,(H,19,20). The van der Waals surface area contributed by atoms with Gasteiger partial charge in [0.25, 0.3) is 0 Å². The first-order valence-electron chi connectivity index (χ1n) is 6.99. The van der Waals surface area contributed by atoms with Gasteiger partial charge in [-0.15, -0.1) is 0 Å². The first-order chi connectivity index (χ1) is 10.2. The topological polar surface area (TPSA) is 65.7 Å². The molecular weight excluding hydrogens is 268 g/mol. The largest absolute Gasteiger partial charge is 0.468 e. The fourth-order valence-corrected chi connectivity index (χ4v) is 2.18. The number of nitrogens with zero attached hydrogens (tertiary/aromatic N) is 1. The van der Waals surface area contributed by atoms with Crippen LogP contribution in [0.3, 0.4) is 0 Å². The van der Waals surface area contributed by atoms with E-state index in [0.717, 1.165) is 31.8 Å². The zero-order valence-electron chi connectivity index (χ0n) is 11.9. The van der Waals surface area contributed by atoms with E-state index in [0.29, 0.717) is 6.54 Å². The first-order valence-corrected chi connectivity index (χ1v) is 6.99. The summed E-state index contributed by atoms with van der Waals surface area (Å²) in [5, 5.41) is 11.0. The number of carboxylic acid groups (broad SMARTS) is 1. The molecule has 0 aliphatic heterocycles. The molecule has 0 saturated carbocycles. The minimum absolute atomic E-state index is 0.457. The number of carbonyl (C=O) groups is 1. The van der Waals surface area contributed by atoms with Gasteiger partial charge in [0.15, 0.2) is 0 Å². The van der Waals surface area contributed by atoms with E-state index in [2.05, 4.69) is 22.3 Å². The Morgan fingerprint density at radius 2 is 1.95 bits per heavy atom. The van der Waals surface area contributed by atoms with E-state index in [1.807, 2.05) is 30.3 Å². The van der Waals surface area contributed by atoms with Crippen molar-refractivity contribution in [2.75, 3.05) is 13.1 Å². The van der Waals surface area contributed by atoms with E-state index >= 15 is 0 Å². The van der Waals surface area contributed by atoms with Gasteiger partial charge in [-0.2, -0.15) is 0 Å². The minimum atomic E-state index is -0.976. The Bertz CT molecular complexity index is 526. The highest BCUT2D eigenvalue weighted by Gasteiger charge is 2.09. The SMILES string of the molecule is O=C(O)NCCCN(Cc1ccccc1)Cc1ccco1. The lowest BCUT2D eigenvalue weighted by Crippen LogP contribution is -2.28. The predicted octanol–water partition coefficient (Wildman–Crippen LogP) is 2.94. The smallest absolute Gasteiger partial charge is 0.404 e. The predicted molar refractivity (Wildman–Crippen MR) is 79.9 cm³/mol. The Kier molecular flexibility index (Phi) is 5.84. The molecule has 2 aromatic rings. The molecule has 0 atom stereocenters. The van der Waals surface area contributed by atoms with Crippen LogP contribution in [0.1, 0.15) is 17.7 Å². The molecule has 5 heteroatoms. The quantitative estimate of drug-likeness (QED) is 0.733. The second kappa shape index (κ2) is 8.11. The molecular formula is C16H20N2O3. The Morgan fingerprint density at radius 1 is 1.14 bits per heavy atom. The van der Waals surface area contributed by atoms with Crippen LogP contribution >= 0.6 is 0 Å². The lowest BCUT2D eigenvalue weighted by Gasteiger charge is -2.21. The summed E-state index contributed by atoms with van der Waals surface area (Å²) in [5.74, 6) is 0.914. The van der Waals surface area contributed by atoms with E-state index in [9.17, 15) is 4.79 Å². The minimum Gasteiger partial charge on any atom is -0.468 e. The van der Waals surface area contributed by atoms with Gasteiger partial charge in [-0.05, 0) is 24.1 Å². The molecule has 0 spiro atoms.